The van der Waals surface area contributed by atoms with Crippen LogP contribution in [0.15, 0.2) is 41.3 Å². The van der Waals surface area contributed by atoms with Crippen LogP contribution in [0, 0.1) is 0 Å². The number of urea groups is 1. The molecule has 4 rings (SSSR count). The van der Waals surface area contributed by atoms with Crippen molar-refractivity contribution in [2.45, 2.75) is 17.9 Å². The molecular formula is C19H21N3O5S. The number of nitrogens with two attached hydrogens (primary N) is 1. The third kappa shape index (κ3) is 3.27. The van der Waals surface area contributed by atoms with Crippen LogP contribution in [-0.4, -0.2) is 45.6 Å². The van der Waals surface area contributed by atoms with Gasteiger partial charge < -0.3 is 15.2 Å². The molecule has 0 bridgehead atoms. The molecule has 2 aliphatic rings. The number of fused-ring (bicyclic) bond motifs is 2. The SMILES string of the molecule is CN(Cc1ccc2c(c1)OCCO2)S(=O)(=O)c1ccc2c(c1)CCN2C(N)=O. The van der Waals surface area contributed by atoms with E-state index in [4.69, 9.17) is 15.2 Å². The topological polar surface area (TPSA) is 102 Å². The molecule has 0 fully saturated rings. The van der Waals surface area contributed by atoms with E-state index < -0.39 is 16.1 Å². The highest BCUT2D eigenvalue weighted by molar-refractivity contribution is 7.89. The molecule has 0 saturated heterocycles. The smallest absolute Gasteiger partial charge is 0.319 e. The van der Waals surface area contributed by atoms with E-state index in [-0.39, 0.29) is 11.4 Å². The first-order valence-electron chi connectivity index (χ1n) is 8.91. The summed E-state index contributed by atoms with van der Waals surface area (Å²) in [7, 11) is -2.15. The van der Waals surface area contributed by atoms with Crippen molar-refractivity contribution in [3.63, 3.8) is 0 Å². The summed E-state index contributed by atoms with van der Waals surface area (Å²) in [6.07, 6.45) is 0.577. The number of hydrogen-bond donors (Lipinski definition) is 1. The number of carbonyl (C=O) groups excluding carboxylic acids is 1. The van der Waals surface area contributed by atoms with E-state index in [0.29, 0.717) is 43.4 Å². The lowest BCUT2D eigenvalue weighted by molar-refractivity contribution is 0.171. The maximum atomic E-state index is 13.0. The fourth-order valence-corrected chi connectivity index (χ4v) is 4.69. The number of nitrogens with zero attached hydrogens (tertiary/aromatic N) is 2. The molecule has 0 atom stereocenters. The standard InChI is InChI=1S/C19H21N3O5S/c1-21(12-13-2-5-17-18(10-13)27-9-8-26-17)28(24,25)15-3-4-16-14(11-15)6-7-22(16)19(20)23/h2-5,10-11H,6-9,12H2,1H3,(H2,20,23). The molecule has 0 spiro atoms. The first kappa shape index (κ1) is 18.6. The normalized spacial score (nSPS) is 15.6. The Hall–Kier alpha value is -2.78. The summed E-state index contributed by atoms with van der Waals surface area (Å²) in [6, 6.07) is 9.64. The Bertz CT molecular complexity index is 1040. The lowest BCUT2D eigenvalue weighted by atomic mass is 10.2. The summed E-state index contributed by atoms with van der Waals surface area (Å²) >= 11 is 0. The van der Waals surface area contributed by atoms with Gasteiger partial charge in [0.15, 0.2) is 11.5 Å². The second kappa shape index (κ2) is 6.99. The third-order valence-electron chi connectivity index (χ3n) is 4.93. The van der Waals surface area contributed by atoms with E-state index in [1.165, 1.54) is 22.3 Å². The van der Waals surface area contributed by atoms with Gasteiger partial charge in [0.05, 0.1) is 4.90 Å². The van der Waals surface area contributed by atoms with Crippen molar-refractivity contribution in [1.29, 1.82) is 0 Å². The molecule has 2 heterocycles. The number of sulfonamides is 1. The van der Waals surface area contributed by atoms with Crippen LogP contribution in [0.3, 0.4) is 0 Å². The zero-order valence-corrected chi connectivity index (χ0v) is 16.2. The fraction of sp³-hybridized carbons (Fsp3) is 0.316. The van der Waals surface area contributed by atoms with Crippen LogP contribution < -0.4 is 20.1 Å². The number of benzene rings is 2. The molecule has 9 heteroatoms. The van der Waals surface area contributed by atoms with Gasteiger partial charge in [-0.15, -0.1) is 0 Å². The van der Waals surface area contributed by atoms with E-state index in [0.717, 1.165) is 11.1 Å². The van der Waals surface area contributed by atoms with Gasteiger partial charge in [0.1, 0.15) is 13.2 Å². The Morgan fingerprint density at radius 2 is 1.89 bits per heavy atom. The Morgan fingerprint density at radius 1 is 1.14 bits per heavy atom. The first-order chi connectivity index (χ1) is 13.4. The summed E-state index contributed by atoms with van der Waals surface area (Å²) in [5, 5.41) is 0. The van der Waals surface area contributed by atoms with E-state index >= 15 is 0 Å². The van der Waals surface area contributed by atoms with Gasteiger partial charge in [0.25, 0.3) is 0 Å². The summed E-state index contributed by atoms with van der Waals surface area (Å²) in [6.45, 7) is 1.64. The van der Waals surface area contributed by atoms with E-state index in [1.54, 1.807) is 24.3 Å². The zero-order chi connectivity index (χ0) is 19.9. The molecule has 2 aromatic rings. The molecule has 28 heavy (non-hydrogen) atoms. The third-order valence-corrected chi connectivity index (χ3v) is 6.73. The lowest BCUT2D eigenvalue weighted by Gasteiger charge is -2.21. The Labute approximate surface area is 163 Å². The van der Waals surface area contributed by atoms with Crippen LogP contribution in [0.4, 0.5) is 10.5 Å². The second-order valence-corrected chi connectivity index (χ2v) is 8.81. The van der Waals surface area contributed by atoms with E-state index in [9.17, 15) is 13.2 Å². The van der Waals surface area contributed by atoms with Crippen molar-refractivity contribution in [2.75, 3.05) is 31.7 Å². The van der Waals surface area contributed by atoms with Gasteiger partial charge in [0, 0.05) is 25.8 Å². The van der Waals surface area contributed by atoms with Crippen LogP contribution in [0.25, 0.3) is 0 Å². The van der Waals surface area contributed by atoms with Crippen molar-refractivity contribution in [2.24, 2.45) is 5.73 Å². The van der Waals surface area contributed by atoms with E-state index in [1.807, 2.05) is 6.07 Å². The van der Waals surface area contributed by atoms with Gasteiger partial charge in [-0.25, -0.2) is 13.2 Å². The zero-order valence-electron chi connectivity index (χ0n) is 15.4. The Kier molecular flexibility index (Phi) is 4.64. The predicted octanol–water partition coefficient (Wildman–Crippen LogP) is 1.72. The molecule has 0 unspecified atom stereocenters. The minimum atomic E-state index is -3.69. The van der Waals surface area contributed by atoms with Crippen molar-refractivity contribution in [1.82, 2.24) is 4.31 Å². The largest absolute Gasteiger partial charge is 0.486 e. The van der Waals surface area contributed by atoms with Crippen molar-refractivity contribution in [3.8, 4) is 11.5 Å². The van der Waals surface area contributed by atoms with Gasteiger partial charge in [-0.3, -0.25) is 4.90 Å². The summed E-state index contributed by atoms with van der Waals surface area (Å²) in [5.41, 5.74) is 7.63. The minimum absolute atomic E-state index is 0.192. The molecule has 0 radical (unpaired) electrons. The van der Waals surface area contributed by atoms with Crippen molar-refractivity contribution >= 4 is 21.7 Å². The summed E-state index contributed by atoms with van der Waals surface area (Å²) in [4.78, 5) is 13.1. The number of carbonyl (C=O) groups is 1. The molecule has 2 amide bonds. The predicted molar refractivity (Wildman–Crippen MR) is 103 cm³/mol. The average Bonchev–Trinajstić information content (AvgIpc) is 3.11. The lowest BCUT2D eigenvalue weighted by Crippen LogP contribution is -2.33. The molecule has 0 aliphatic carbocycles. The first-order valence-corrected chi connectivity index (χ1v) is 10.3. The molecular weight excluding hydrogens is 382 g/mol. The number of ether oxygens (including phenoxy) is 2. The van der Waals surface area contributed by atoms with Gasteiger partial charge in [-0.1, -0.05) is 6.07 Å². The maximum Gasteiger partial charge on any atom is 0.319 e. The minimum Gasteiger partial charge on any atom is -0.486 e. The molecule has 8 nitrogen and oxygen atoms in total. The second-order valence-electron chi connectivity index (χ2n) is 6.77. The summed E-state index contributed by atoms with van der Waals surface area (Å²) < 4.78 is 38.4. The van der Waals surface area contributed by atoms with Gasteiger partial charge in [-0.05, 0) is 47.9 Å². The Morgan fingerprint density at radius 3 is 2.64 bits per heavy atom. The van der Waals surface area contributed by atoms with Crippen molar-refractivity contribution < 1.29 is 22.7 Å². The number of anilines is 1. The molecule has 2 N–H and O–H groups in total. The monoisotopic (exact) mass is 403 g/mol. The van der Waals surface area contributed by atoms with Crippen LogP contribution in [-0.2, 0) is 23.0 Å². The van der Waals surface area contributed by atoms with Gasteiger partial charge in [0.2, 0.25) is 10.0 Å². The fourth-order valence-electron chi connectivity index (χ4n) is 3.48. The average molecular weight is 403 g/mol. The highest BCUT2D eigenvalue weighted by atomic mass is 32.2. The summed E-state index contributed by atoms with van der Waals surface area (Å²) in [5.74, 6) is 1.29. The number of hydrogen-bond acceptors (Lipinski definition) is 5. The highest BCUT2D eigenvalue weighted by Gasteiger charge is 2.27. The molecule has 2 aliphatic heterocycles. The number of amides is 2. The number of primary amides is 1. The van der Waals surface area contributed by atoms with Gasteiger partial charge in [-0.2, -0.15) is 4.31 Å². The highest BCUT2D eigenvalue weighted by Crippen LogP contribution is 2.33. The van der Waals surface area contributed by atoms with Crippen molar-refractivity contribution in [3.05, 3.63) is 47.5 Å². The van der Waals surface area contributed by atoms with Crippen LogP contribution >= 0.6 is 0 Å². The molecule has 0 aromatic heterocycles. The van der Waals surface area contributed by atoms with Crippen LogP contribution in [0.2, 0.25) is 0 Å². The number of rotatable bonds is 4. The van der Waals surface area contributed by atoms with Crippen LogP contribution in [0.1, 0.15) is 11.1 Å². The van der Waals surface area contributed by atoms with Crippen LogP contribution in [0.5, 0.6) is 11.5 Å². The molecule has 148 valence electrons. The Balaban J connectivity index is 1.56. The quantitative estimate of drug-likeness (QED) is 0.837. The van der Waals surface area contributed by atoms with E-state index in [2.05, 4.69) is 0 Å². The van der Waals surface area contributed by atoms with Gasteiger partial charge >= 0.3 is 6.03 Å². The molecule has 0 saturated carbocycles. The maximum absolute atomic E-state index is 13.0. The molecule has 2 aromatic carbocycles.